The van der Waals surface area contributed by atoms with Crippen molar-refractivity contribution in [2.75, 3.05) is 30.0 Å². The highest BCUT2D eigenvalue weighted by molar-refractivity contribution is 8.93. The van der Waals surface area contributed by atoms with Gasteiger partial charge in [0, 0.05) is 35.5 Å². The van der Waals surface area contributed by atoms with E-state index in [1.54, 1.807) is 6.92 Å². The number of halogens is 2. The van der Waals surface area contributed by atoms with Crippen LogP contribution in [0.2, 0.25) is 5.02 Å². The van der Waals surface area contributed by atoms with Crippen LogP contribution in [0.3, 0.4) is 0 Å². The number of ketones is 1. The number of carbonyl (C=O) groups excluding carboxylic acids is 1. The Kier molecular flexibility index (Phi) is 6.04. The molecule has 1 fully saturated rings. The van der Waals surface area contributed by atoms with Gasteiger partial charge in [0.1, 0.15) is 6.17 Å². The van der Waals surface area contributed by atoms with E-state index in [1.807, 2.05) is 30.3 Å². The smallest absolute Gasteiger partial charge is 0.168 e. The number of para-hydroxylation sites is 2. The van der Waals surface area contributed by atoms with Crippen molar-refractivity contribution in [1.29, 1.82) is 0 Å². The van der Waals surface area contributed by atoms with Gasteiger partial charge >= 0.3 is 0 Å². The summed E-state index contributed by atoms with van der Waals surface area (Å²) in [6.45, 7) is 4.02. The summed E-state index contributed by atoms with van der Waals surface area (Å²) in [6, 6.07) is 13.8. The van der Waals surface area contributed by atoms with Gasteiger partial charge in [-0.3, -0.25) is 9.69 Å². The Morgan fingerprint density at radius 1 is 1.23 bits per heavy atom. The molecule has 5 rings (SSSR count). The van der Waals surface area contributed by atoms with Crippen LogP contribution in [0.25, 0.3) is 11.0 Å². The van der Waals surface area contributed by atoms with Crippen molar-refractivity contribution >= 4 is 56.7 Å². The monoisotopic (exact) mass is 490 g/mol. The molecule has 0 bridgehead atoms. The lowest BCUT2D eigenvalue weighted by Gasteiger charge is -2.40. The Labute approximate surface area is 190 Å². The highest BCUT2D eigenvalue weighted by Gasteiger charge is 2.36. The molecule has 0 aliphatic carbocycles. The number of piperidine rings is 1. The molecule has 0 spiro atoms. The summed E-state index contributed by atoms with van der Waals surface area (Å²) in [5.74, 6) is 0.494. The minimum absolute atomic E-state index is 0. The molecule has 30 heavy (non-hydrogen) atoms. The first-order valence-corrected chi connectivity index (χ1v) is 10.4. The summed E-state index contributed by atoms with van der Waals surface area (Å²) >= 11 is 6.06. The summed E-state index contributed by atoms with van der Waals surface area (Å²) < 4.78 is 5.50. The van der Waals surface area contributed by atoms with E-state index in [-0.39, 0.29) is 28.9 Å². The standard InChI is InChI=1S/C22H23ClN4O2.BrH/c1-14(28)22(27-13-24-18-4-2-3-5-19(18)27)26-10-8-15(9-11-26)21-17-7-6-16(23)12-20(17)29-25-21;/h2-7,12,15,22,24H,8-11,13H2,1H3;1H. The molecule has 1 unspecified atom stereocenters. The molecule has 2 aliphatic rings. The number of nitrogens with zero attached hydrogens (tertiary/aromatic N) is 3. The molecule has 6 nitrogen and oxygen atoms in total. The van der Waals surface area contributed by atoms with Crippen molar-refractivity contribution in [2.24, 2.45) is 0 Å². The summed E-state index contributed by atoms with van der Waals surface area (Å²) in [5.41, 5.74) is 3.91. The number of carbonyl (C=O) groups is 1. The number of anilines is 2. The fraction of sp³-hybridized carbons (Fsp3) is 0.364. The third-order valence-electron chi connectivity index (χ3n) is 6.04. The van der Waals surface area contributed by atoms with E-state index in [0.29, 0.717) is 17.6 Å². The van der Waals surface area contributed by atoms with E-state index in [2.05, 4.69) is 32.4 Å². The molecular formula is C22H24BrClN4O2. The van der Waals surface area contributed by atoms with Gasteiger partial charge in [0.05, 0.1) is 23.7 Å². The third-order valence-corrected chi connectivity index (χ3v) is 6.27. The molecular weight excluding hydrogens is 468 g/mol. The van der Waals surface area contributed by atoms with Gasteiger partial charge in [0.25, 0.3) is 0 Å². The van der Waals surface area contributed by atoms with Gasteiger partial charge < -0.3 is 14.7 Å². The zero-order valence-corrected chi connectivity index (χ0v) is 19.1. The molecule has 1 saturated heterocycles. The average Bonchev–Trinajstić information content (AvgIpc) is 3.33. The number of fused-ring (bicyclic) bond motifs is 2. The normalized spacial score (nSPS) is 18.0. The number of Topliss-reactive ketones (excluding diaryl/α,β-unsaturated/α-hetero) is 1. The predicted molar refractivity (Wildman–Crippen MR) is 125 cm³/mol. The van der Waals surface area contributed by atoms with Crippen molar-refractivity contribution in [3.05, 3.63) is 53.2 Å². The van der Waals surface area contributed by atoms with E-state index in [4.69, 9.17) is 16.1 Å². The minimum Gasteiger partial charge on any atom is -0.366 e. The molecule has 8 heteroatoms. The van der Waals surface area contributed by atoms with Crippen LogP contribution in [0.1, 0.15) is 31.4 Å². The highest BCUT2D eigenvalue weighted by Crippen LogP contribution is 2.37. The summed E-state index contributed by atoms with van der Waals surface area (Å²) in [6.07, 6.45) is 1.63. The van der Waals surface area contributed by atoms with Gasteiger partial charge in [0.2, 0.25) is 0 Å². The van der Waals surface area contributed by atoms with Gasteiger partial charge in [-0.05, 0) is 44.0 Å². The van der Waals surface area contributed by atoms with E-state index >= 15 is 0 Å². The quantitative estimate of drug-likeness (QED) is 0.551. The second kappa shape index (κ2) is 8.57. The number of aromatic nitrogens is 1. The van der Waals surface area contributed by atoms with Gasteiger partial charge in [-0.1, -0.05) is 28.9 Å². The average molecular weight is 492 g/mol. The third kappa shape index (κ3) is 3.70. The van der Waals surface area contributed by atoms with Crippen LogP contribution in [-0.2, 0) is 4.79 Å². The first kappa shape index (κ1) is 21.2. The van der Waals surface area contributed by atoms with Crippen molar-refractivity contribution in [3.8, 4) is 0 Å². The Balaban J connectivity index is 0.00000218. The second-order valence-corrected chi connectivity index (χ2v) is 8.26. The van der Waals surface area contributed by atoms with Crippen molar-refractivity contribution in [1.82, 2.24) is 10.1 Å². The Morgan fingerprint density at radius 3 is 2.77 bits per heavy atom. The Hall–Kier alpha value is -2.09. The maximum absolute atomic E-state index is 12.6. The van der Waals surface area contributed by atoms with Gasteiger partial charge in [-0.2, -0.15) is 0 Å². The largest absolute Gasteiger partial charge is 0.366 e. The van der Waals surface area contributed by atoms with Crippen LogP contribution < -0.4 is 10.2 Å². The zero-order chi connectivity index (χ0) is 20.0. The molecule has 2 aliphatic heterocycles. The zero-order valence-electron chi connectivity index (χ0n) is 16.7. The van der Waals surface area contributed by atoms with Crippen molar-refractivity contribution in [3.63, 3.8) is 0 Å². The molecule has 0 radical (unpaired) electrons. The van der Waals surface area contributed by atoms with Gasteiger partial charge in [-0.15, -0.1) is 17.0 Å². The van der Waals surface area contributed by atoms with Gasteiger partial charge in [0.15, 0.2) is 11.4 Å². The van der Waals surface area contributed by atoms with Crippen molar-refractivity contribution < 1.29 is 9.32 Å². The number of rotatable bonds is 4. The molecule has 1 atom stereocenters. The topological polar surface area (TPSA) is 61.6 Å². The molecule has 2 aromatic carbocycles. The molecule has 158 valence electrons. The molecule has 0 amide bonds. The van der Waals surface area contributed by atoms with E-state index < -0.39 is 0 Å². The van der Waals surface area contributed by atoms with Crippen molar-refractivity contribution in [2.45, 2.75) is 31.8 Å². The van der Waals surface area contributed by atoms with E-state index in [0.717, 1.165) is 54.0 Å². The van der Waals surface area contributed by atoms with Gasteiger partial charge in [-0.25, -0.2) is 0 Å². The SMILES string of the molecule is Br.CC(=O)C(N1CCC(c2noc3cc(Cl)ccc23)CC1)N1CNc2ccccc21. The molecule has 1 N–H and O–H groups in total. The van der Waals surface area contributed by atoms with E-state index in [1.165, 1.54) is 0 Å². The lowest BCUT2D eigenvalue weighted by atomic mass is 9.91. The fourth-order valence-electron chi connectivity index (χ4n) is 4.66. The molecule has 3 aromatic rings. The number of benzene rings is 2. The maximum atomic E-state index is 12.6. The van der Waals surface area contributed by atoms with E-state index in [9.17, 15) is 4.79 Å². The summed E-state index contributed by atoms with van der Waals surface area (Å²) in [7, 11) is 0. The fourth-order valence-corrected chi connectivity index (χ4v) is 4.83. The second-order valence-electron chi connectivity index (χ2n) is 7.82. The van der Waals surface area contributed by atoms with Crippen LogP contribution in [0.15, 0.2) is 47.0 Å². The van der Waals surface area contributed by atoms with Crippen LogP contribution >= 0.6 is 28.6 Å². The number of nitrogens with one attached hydrogen (secondary N) is 1. The van der Waals surface area contributed by atoms with Crippen LogP contribution in [0.4, 0.5) is 11.4 Å². The molecule has 1 aromatic heterocycles. The number of hydrogen-bond acceptors (Lipinski definition) is 6. The van der Waals surface area contributed by atoms with Crippen LogP contribution in [0.5, 0.6) is 0 Å². The Morgan fingerprint density at radius 2 is 2.00 bits per heavy atom. The minimum atomic E-state index is -0.250. The molecule has 0 saturated carbocycles. The first-order valence-electron chi connectivity index (χ1n) is 10.0. The number of likely N-dealkylation sites (tertiary alicyclic amines) is 1. The number of hydrogen-bond donors (Lipinski definition) is 1. The van der Waals surface area contributed by atoms with Crippen LogP contribution in [-0.4, -0.2) is 41.8 Å². The summed E-state index contributed by atoms with van der Waals surface area (Å²) in [4.78, 5) is 17.1. The van der Waals surface area contributed by atoms with Crippen LogP contribution in [0, 0.1) is 0 Å². The Bertz CT molecular complexity index is 1060. The first-order chi connectivity index (χ1) is 14.1. The molecule has 3 heterocycles. The predicted octanol–water partition coefficient (Wildman–Crippen LogP) is 5.04. The highest BCUT2D eigenvalue weighted by atomic mass is 79.9. The lowest BCUT2D eigenvalue weighted by molar-refractivity contribution is -0.122. The lowest BCUT2D eigenvalue weighted by Crippen LogP contribution is -2.54. The maximum Gasteiger partial charge on any atom is 0.168 e. The summed E-state index contributed by atoms with van der Waals surface area (Å²) in [5, 5.41) is 9.41.